The summed E-state index contributed by atoms with van der Waals surface area (Å²) < 4.78 is 29.2. The smallest absolute Gasteiger partial charge is 0.279 e. The number of nitrogens with one attached hydrogen (secondary N) is 2. The molecule has 2 aliphatic heterocycles. The molecule has 0 aromatic carbocycles. The Balaban J connectivity index is 1.91. The molecule has 2 rings (SSSR count). The minimum Gasteiger partial charge on any atom is -0.312 e. The summed E-state index contributed by atoms with van der Waals surface area (Å²) in [6, 6.07) is 0.220. The summed E-state index contributed by atoms with van der Waals surface area (Å²) in [5.41, 5.74) is 0.152. The van der Waals surface area contributed by atoms with Crippen LogP contribution in [0.2, 0.25) is 0 Å². The van der Waals surface area contributed by atoms with Crippen LogP contribution in [0, 0.1) is 5.41 Å². The Hall–Kier alpha value is -0.170. The standard InChI is InChI=1S/C14H29N3O2S/c1-14(2)8-7-9-15-13(14)12-16-20(18,19)17-10-5-3-4-6-11-17/h13,15-16H,3-12H2,1-2H3. The quantitative estimate of drug-likeness (QED) is 0.827. The second-order valence-electron chi connectivity index (χ2n) is 6.77. The molecule has 0 bridgehead atoms. The number of nitrogens with zero attached hydrogens (tertiary/aromatic N) is 1. The first kappa shape index (κ1) is 16.2. The molecule has 2 saturated heterocycles. The minimum atomic E-state index is -3.31. The molecule has 0 aliphatic carbocycles. The second-order valence-corrected chi connectivity index (χ2v) is 8.52. The van der Waals surface area contributed by atoms with Gasteiger partial charge in [0.1, 0.15) is 0 Å². The van der Waals surface area contributed by atoms with Crippen LogP contribution in [-0.2, 0) is 10.2 Å². The molecular formula is C14H29N3O2S. The Labute approximate surface area is 123 Å². The van der Waals surface area contributed by atoms with E-state index in [0.29, 0.717) is 19.6 Å². The maximum Gasteiger partial charge on any atom is 0.279 e. The van der Waals surface area contributed by atoms with Gasteiger partial charge in [0.25, 0.3) is 10.2 Å². The van der Waals surface area contributed by atoms with Crippen LogP contribution >= 0.6 is 0 Å². The maximum absolute atomic E-state index is 12.4. The van der Waals surface area contributed by atoms with Gasteiger partial charge >= 0.3 is 0 Å². The van der Waals surface area contributed by atoms with Gasteiger partial charge in [0.2, 0.25) is 0 Å². The molecule has 0 spiro atoms. The summed E-state index contributed by atoms with van der Waals surface area (Å²) in [4.78, 5) is 0. The molecule has 2 fully saturated rings. The number of piperidine rings is 1. The van der Waals surface area contributed by atoms with Crippen molar-refractivity contribution in [1.29, 1.82) is 0 Å². The summed E-state index contributed by atoms with van der Waals surface area (Å²) in [7, 11) is -3.31. The van der Waals surface area contributed by atoms with Gasteiger partial charge in [-0.25, -0.2) is 4.72 Å². The summed E-state index contributed by atoms with van der Waals surface area (Å²) in [5, 5.41) is 3.45. The lowest BCUT2D eigenvalue weighted by molar-refractivity contribution is 0.181. The third kappa shape index (κ3) is 4.16. The highest BCUT2D eigenvalue weighted by Gasteiger charge is 2.33. The van der Waals surface area contributed by atoms with Crippen LogP contribution in [0.15, 0.2) is 0 Å². The lowest BCUT2D eigenvalue weighted by Gasteiger charge is -2.39. The van der Waals surface area contributed by atoms with Crippen molar-refractivity contribution in [1.82, 2.24) is 14.3 Å². The summed E-state index contributed by atoms with van der Waals surface area (Å²) in [5.74, 6) is 0. The number of rotatable bonds is 4. The van der Waals surface area contributed by atoms with Gasteiger partial charge in [-0.15, -0.1) is 0 Å². The fraction of sp³-hybridized carbons (Fsp3) is 1.00. The largest absolute Gasteiger partial charge is 0.312 e. The van der Waals surface area contributed by atoms with E-state index in [4.69, 9.17) is 0 Å². The predicted molar refractivity (Wildman–Crippen MR) is 81.8 cm³/mol. The van der Waals surface area contributed by atoms with Gasteiger partial charge in [-0.1, -0.05) is 26.7 Å². The van der Waals surface area contributed by atoms with Gasteiger partial charge in [0, 0.05) is 25.7 Å². The van der Waals surface area contributed by atoms with E-state index in [1.54, 1.807) is 4.31 Å². The molecule has 1 atom stereocenters. The van der Waals surface area contributed by atoms with Crippen molar-refractivity contribution in [2.45, 2.75) is 58.4 Å². The molecule has 5 nitrogen and oxygen atoms in total. The van der Waals surface area contributed by atoms with Crippen molar-refractivity contribution >= 4 is 10.2 Å². The first-order valence-electron chi connectivity index (χ1n) is 7.90. The topological polar surface area (TPSA) is 61.4 Å². The van der Waals surface area contributed by atoms with E-state index in [0.717, 1.165) is 38.6 Å². The third-order valence-electron chi connectivity index (χ3n) is 4.71. The first-order chi connectivity index (χ1) is 9.42. The monoisotopic (exact) mass is 303 g/mol. The maximum atomic E-state index is 12.4. The zero-order valence-corrected chi connectivity index (χ0v) is 13.6. The normalized spacial score (nSPS) is 29.0. The molecule has 118 valence electrons. The average Bonchev–Trinajstić information content (AvgIpc) is 2.66. The van der Waals surface area contributed by atoms with Gasteiger partial charge < -0.3 is 5.32 Å². The van der Waals surface area contributed by atoms with Gasteiger partial charge in [-0.2, -0.15) is 12.7 Å². The van der Waals surface area contributed by atoms with Crippen LogP contribution in [-0.4, -0.2) is 44.9 Å². The zero-order valence-electron chi connectivity index (χ0n) is 12.8. The first-order valence-corrected chi connectivity index (χ1v) is 9.34. The Bertz CT molecular complexity index is 401. The molecule has 2 heterocycles. The van der Waals surface area contributed by atoms with Crippen LogP contribution in [0.1, 0.15) is 52.4 Å². The zero-order chi connectivity index (χ0) is 14.6. The van der Waals surface area contributed by atoms with Crippen molar-refractivity contribution < 1.29 is 8.42 Å². The number of hydrogen-bond acceptors (Lipinski definition) is 3. The Morgan fingerprint density at radius 1 is 1.15 bits per heavy atom. The molecule has 0 saturated carbocycles. The van der Waals surface area contributed by atoms with Crippen LogP contribution in [0.3, 0.4) is 0 Å². The molecule has 0 aromatic rings. The SMILES string of the molecule is CC1(C)CCCNC1CNS(=O)(=O)N1CCCCCC1. The van der Waals surface area contributed by atoms with Gasteiger partial charge in [-0.3, -0.25) is 0 Å². The Morgan fingerprint density at radius 2 is 1.80 bits per heavy atom. The third-order valence-corrected chi connectivity index (χ3v) is 6.28. The van der Waals surface area contributed by atoms with Gasteiger partial charge in [0.15, 0.2) is 0 Å². The summed E-state index contributed by atoms with van der Waals surface area (Å²) >= 11 is 0. The molecule has 1 unspecified atom stereocenters. The van der Waals surface area contributed by atoms with Crippen LogP contribution < -0.4 is 10.0 Å². The molecule has 0 aromatic heterocycles. The van der Waals surface area contributed by atoms with E-state index in [9.17, 15) is 8.42 Å². The molecule has 2 N–H and O–H groups in total. The van der Waals surface area contributed by atoms with Crippen LogP contribution in [0.5, 0.6) is 0 Å². The highest BCUT2D eigenvalue weighted by molar-refractivity contribution is 7.87. The van der Waals surface area contributed by atoms with Gasteiger partial charge in [0.05, 0.1) is 0 Å². The molecule has 2 aliphatic rings. The fourth-order valence-electron chi connectivity index (χ4n) is 3.18. The Morgan fingerprint density at radius 3 is 2.40 bits per heavy atom. The van der Waals surface area contributed by atoms with E-state index < -0.39 is 10.2 Å². The van der Waals surface area contributed by atoms with E-state index in [-0.39, 0.29) is 11.5 Å². The van der Waals surface area contributed by atoms with Crippen LogP contribution in [0.4, 0.5) is 0 Å². The van der Waals surface area contributed by atoms with Crippen LogP contribution in [0.25, 0.3) is 0 Å². The summed E-state index contributed by atoms with van der Waals surface area (Å²) in [6.45, 7) is 7.23. The van der Waals surface area contributed by atoms with Gasteiger partial charge in [-0.05, 0) is 37.6 Å². The Kier molecular flexibility index (Phi) is 5.45. The van der Waals surface area contributed by atoms with Crippen molar-refractivity contribution in [2.24, 2.45) is 5.41 Å². The second kappa shape index (κ2) is 6.73. The van der Waals surface area contributed by atoms with Crippen molar-refractivity contribution in [3.05, 3.63) is 0 Å². The predicted octanol–water partition coefficient (Wildman–Crippen LogP) is 1.48. The molecule has 6 heteroatoms. The minimum absolute atomic E-state index is 0.152. The average molecular weight is 303 g/mol. The lowest BCUT2D eigenvalue weighted by Crippen LogP contribution is -2.54. The molecule has 0 amide bonds. The van der Waals surface area contributed by atoms with Crippen molar-refractivity contribution in [3.8, 4) is 0 Å². The highest BCUT2D eigenvalue weighted by atomic mass is 32.2. The van der Waals surface area contributed by atoms with Crippen molar-refractivity contribution in [3.63, 3.8) is 0 Å². The van der Waals surface area contributed by atoms with E-state index in [1.165, 1.54) is 6.42 Å². The molecular weight excluding hydrogens is 274 g/mol. The summed E-state index contributed by atoms with van der Waals surface area (Å²) in [6.07, 6.45) is 6.56. The van der Waals surface area contributed by atoms with E-state index in [2.05, 4.69) is 23.9 Å². The molecule has 0 radical (unpaired) electrons. The number of hydrogen-bond donors (Lipinski definition) is 2. The fourth-order valence-corrected chi connectivity index (χ4v) is 4.48. The van der Waals surface area contributed by atoms with Crippen molar-refractivity contribution in [2.75, 3.05) is 26.2 Å². The van der Waals surface area contributed by atoms with E-state index in [1.807, 2.05) is 0 Å². The molecule has 20 heavy (non-hydrogen) atoms. The van der Waals surface area contributed by atoms with E-state index >= 15 is 0 Å². The highest BCUT2D eigenvalue weighted by Crippen LogP contribution is 2.29. The lowest BCUT2D eigenvalue weighted by atomic mass is 9.78.